The van der Waals surface area contributed by atoms with Gasteiger partial charge in [0.15, 0.2) is 0 Å². The Kier molecular flexibility index (Phi) is 4.33. The lowest BCUT2D eigenvalue weighted by Crippen LogP contribution is -2.23. The summed E-state index contributed by atoms with van der Waals surface area (Å²) >= 11 is 6.34. The predicted octanol–water partition coefficient (Wildman–Crippen LogP) is 5.03. The zero-order valence-electron chi connectivity index (χ0n) is 13.0. The Morgan fingerprint density at radius 1 is 1.10 bits per heavy atom. The van der Waals surface area contributed by atoms with Crippen molar-refractivity contribution >= 4 is 11.6 Å². The molecule has 2 rings (SSSR count). The third-order valence-electron chi connectivity index (χ3n) is 3.79. The number of hydrogen-bond donors (Lipinski definition) is 0. The Hall–Kier alpha value is -1.48. The number of aromatic nitrogens is 2. The average molecular weight is 307 g/mol. The normalized spacial score (nSPS) is 12.0. The number of nitrogens with zero attached hydrogens (tertiary/aromatic N) is 2. The quantitative estimate of drug-likeness (QED) is 0.743. The van der Waals surface area contributed by atoms with Gasteiger partial charge in [0.2, 0.25) is 0 Å². The molecule has 0 saturated carbocycles. The Morgan fingerprint density at radius 3 is 2.14 bits per heavy atom. The standard InChI is InChI=1S/C17H20ClFN2/c1-10(2)14-11(3)20-16(21-15(14)18)17(4,5)12-6-8-13(19)9-7-12/h6-10H,1-5H3. The second-order valence-corrected chi connectivity index (χ2v) is 6.48. The lowest BCUT2D eigenvalue weighted by molar-refractivity contribution is 0.577. The van der Waals surface area contributed by atoms with Gasteiger partial charge >= 0.3 is 0 Å². The molecule has 1 aromatic heterocycles. The lowest BCUT2D eigenvalue weighted by atomic mass is 9.83. The summed E-state index contributed by atoms with van der Waals surface area (Å²) in [4.78, 5) is 9.12. The van der Waals surface area contributed by atoms with Crippen molar-refractivity contribution in [1.82, 2.24) is 9.97 Å². The molecule has 21 heavy (non-hydrogen) atoms. The van der Waals surface area contributed by atoms with Crippen LogP contribution in [0.25, 0.3) is 0 Å². The number of hydrogen-bond acceptors (Lipinski definition) is 2. The van der Waals surface area contributed by atoms with Crippen LogP contribution in [0.4, 0.5) is 4.39 Å². The van der Waals surface area contributed by atoms with Crippen molar-refractivity contribution in [1.29, 1.82) is 0 Å². The number of benzene rings is 1. The molecular weight excluding hydrogens is 287 g/mol. The Balaban J connectivity index is 2.52. The van der Waals surface area contributed by atoms with E-state index in [1.807, 2.05) is 20.8 Å². The van der Waals surface area contributed by atoms with Crippen molar-refractivity contribution in [2.24, 2.45) is 0 Å². The third-order valence-corrected chi connectivity index (χ3v) is 4.08. The zero-order chi connectivity index (χ0) is 15.8. The van der Waals surface area contributed by atoms with Crippen LogP contribution in [0.5, 0.6) is 0 Å². The van der Waals surface area contributed by atoms with Gasteiger partial charge in [-0.3, -0.25) is 0 Å². The number of rotatable bonds is 3. The number of aryl methyl sites for hydroxylation is 1. The van der Waals surface area contributed by atoms with E-state index in [-0.39, 0.29) is 11.7 Å². The van der Waals surface area contributed by atoms with Crippen molar-refractivity contribution in [3.05, 3.63) is 57.9 Å². The molecule has 112 valence electrons. The van der Waals surface area contributed by atoms with E-state index >= 15 is 0 Å². The fourth-order valence-electron chi connectivity index (χ4n) is 2.48. The average Bonchev–Trinajstić information content (AvgIpc) is 2.37. The summed E-state index contributed by atoms with van der Waals surface area (Å²) in [5.41, 5.74) is 2.40. The molecule has 0 fully saturated rings. The van der Waals surface area contributed by atoms with Crippen molar-refractivity contribution in [3.63, 3.8) is 0 Å². The molecule has 1 heterocycles. The van der Waals surface area contributed by atoms with Gasteiger partial charge in [-0.1, -0.05) is 37.6 Å². The highest BCUT2D eigenvalue weighted by atomic mass is 35.5. The van der Waals surface area contributed by atoms with Crippen LogP contribution < -0.4 is 0 Å². The minimum atomic E-state index is -0.433. The fraction of sp³-hybridized carbons (Fsp3) is 0.412. The van der Waals surface area contributed by atoms with E-state index in [0.717, 1.165) is 16.8 Å². The van der Waals surface area contributed by atoms with E-state index < -0.39 is 5.41 Å². The van der Waals surface area contributed by atoms with E-state index in [2.05, 4.69) is 23.8 Å². The molecule has 0 saturated heterocycles. The molecule has 2 aromatic rings. The molecule has 0 N–H and O–H groups in total. The maximum absolute atomic E-state index is 13.1. The smallest absolute Gasteiger partial charge is 0.140 e. The summed E-state index contributed by atoms with van der Waals surface area (Å²) in [7, 11) is 0. The van der Waals surface area contributed by atoms with Gasteiger partial charge < -0.3 is 0 Å². The molecule has 0 spiro atoms. The molecule has 0 bridgehead atoms. The third kappa shape index (κ3) is 3.08. The number of halogens is 2. The highest BCUT2D eigenvalue weighted by Crippen LogP contribution is 2.32. The van der Waals surface area contributed by atoms with Crippen LogP contribution in [0, 0.1) is 12.7 Å². The van der Waals surface area contributed by atoms with Gasteiger partial charge in [0, 0.05) is 16.7 Å². The van der Waals surface area contributed by atoms with Gasteiger partial charge in [-0.15, -0.1) is 0 Å². The van der Waals surface area contributed by atoms with Crippen LogP contribution in [0.15, 0.2) is 24.3 Å². The second-order valence-electron chi connectivity index (χ2n) is 6.12. The molecule has 4 heteroatoms. The predicted molar refractivity (Wildman–Crippen MR) is 84.4 cm³/mol. The molecule has 0 aliphatic rings. The lowest BCUT2D eigenvalue weighted by Gasteiger charge is -2.25. The maximum atomic E-state index is 13.1. The summed E-state index contributed by atoms with van der Waals surface area (Å²) in [5, 5.41) is 0.502. The first kappa shape index (κ1) is 15.9. The van der Waals surface area contributed by atoms with E-state index in [4.69, 9.17) is 11.6 Å². The molecule has 0 unspecified atom stereocenters. The van der Waals surface area contributed by atoms with E-state index in [0.29, 0.717) is 11.0 Å². The summed E-state index contributed by atoms with van der Waals surface area (Å²) in [6, 6.07) is 6.43. The fourth-order valence-corrected chi connectivity index (χ4v) is 2.91. The van der Waals surface area contributed by atoms with Crippen LogP contribution in [-0.4, -0.2) is 9.97 Å². The van der Waals surface area contributed by atoms with Crippen LogP contribution in [0.1, 0.15) is 56.3 Å². The summed E-state index contributed by atoms with van der Waals surface area (Å²) in [6.07, 6.45) is 0. The molecule has 0 aliphatic carbocycles. The largest absolute Gasteiger partial charge is 0.237 e. The van der Waals surface area contributed by atoms with Gasteiger partial charge in [-0.25, -0.2) is 14.4 Å². The Bertz CT molecular complexity index is 625. The Labute approximate surface area is 130 Å². The summed E-state index contributed by atoms with van der Waals surface area (Å²) in [6.45, 7) is 10.1. The first-order valence-corrected chi connectivity index (χ1v) is 7.42. The molecule has 0 amide bonds. The molecule has 0 atom stereocenters. The van der Waals surface area contributed by atoms with Crippen molar-refractivity contribution < 1.29 is 4.39 Å². The highest BCUT2D eigenvalue weighted by Gasteiger charge is 2.28. The van der Waals surface area contributed by atoms with Crippen molar-refractivity contribution in [2.45, 2.75) is 46.0 Å². The zero-order valence-corrected chi connectivity index (χ0v) is 13.8. The van der Waals surface area contributed by atoms with Gasteiger partial charge in [0.25, 0.3) is 0 Å². The monoisotopic (exact) mass is 306 g/mol. The first-order valence-electron chi connectivity index (χ1n) is 7.04. The van der Waals surface area contributed by atoms with Gasteiger partial charge in [0.1, 0.15) is 16.8 Å². The molecule has 0 aliphatic heterocycles. The topological polar surface area (TPSA) is 25.8 Å². The van der Waals surface area contributed by atoms with Crippen molar-refractivity contribution in [3.8, 4) is 0 Å². The van der Waals surface area contributed by atoms with E-state index in [1.165, 1.54) is 12.1 Å². The van der Waals surface area contributed by atoms with Gasteiger partial charge in [-0.05, 0) is 44.4 Å². The van der Waals surface area contributed by atoms with Gasteiger partial charge in [-0.2, -0.15) is 0 Å². The Morgan fingerprint density at radius 2 is 1.67 bits per heavy atom. The van der Waals surface area contributed by atoms with E-state index in [9.17, 15) is 4.39 Å². The minimum absolute atomic E-state index is 0.250. The van der Waals surface area contributed by atoms with Crippen molar-refractivity contribution in [2.75, 3.05) is 0 Å². The summed E-state index contributed by atoms with van der Waals surface area (Å²) in [5.74, 6) is 0.682. The van der Waals surface area contributed by atoms with Crippen LogP contribution in [0.3, 0.4) is 0 Å². The highest BCUT2D eigenvalue weighted by molar-refractivity contribution is 6.30. The molecule has 1 aromatic carbocycles. The molecule has 0 radical (unpaired) electrons. The molecular formula is C17H20ClFN2. The van der Waals surface area contributed by atoms with Crippen LogP contribution in [0.2, 0.25) is 5.15 Å². The van der Waals surface area contributed by atoms with Crippen LogP contribution in [-0.2, 0) is 5.41 Å². The van der Waals surface area contributed by atoms with E-state index in [1.54, 1.807) is 12.1 Å². The van der Waals surface area contributed by atoms with Crippen LogP contribution >= 0.6 is 11.6 Å². The first-order chi connectivity index (χ1) is 9.73. The summed E-state index contributed by atoms with van der Waals surface area (Å²) < 4.78 is 13.1. The molecule has 2 nitrogen and oxygen atoms in total. The second kappa shape index (κ2) is 5.72. The maximum Gasteiger partial charge on any atom is 0.140 e. The SMILES string of the molecule is Cc1nc(C(C)(C)c2ccc(F)cc2)nc(Cl)c1C(C)C. The minimum Gasteiger partial charge on any atom is -0.237 e. The van der Waals surface area contributed by atoms with Gasteiger partial charge in [0.05, 0.1) is 0 Å².